The molecule has 22 heavy (non-hydrogen) atoms. The van der Waals surface area contributed by atoms with Crippen LogP contribution in [0.25, 0.3) is 0 Å². The number of halogens is 1. The lowest BCUT2D eigenvalue weighted by Gasteiger charge is -2.39. The van der Waals surface area contributed by atoms with Crippen molar-refractivity contribution >= 4 is 27.4 Å². The quantitative estimate of drug-likeness (QED) is 0.642. The summed E-state index contributed by atoms with van der Waals surface area (Å²) in [6.45, 7) is 3.21. The number of nitrogens with zero attached hydrogens (tertiary/aromatic N) is 2. The van der Waals surface area contributed by atoms with Gasteiger partial charge in [0.25, 0.3) is 0 Å². The summed E-state index contributed by atoms with van der Waals surface area (Å²) in [6.07, 6.45) is 8.88. The van der Waals surface area contributed by atoms with Gasteiger partial charge in [0.05, 0.1) is 12.6 Å². The fourth-order valence-corrected chi connectivity index (χ4v) is 5.63. The molecule has 0 bridgehead atoms. The first-order valence-corrected chi connectivity index (χ1v) is 9.76. The fourth-order valence-electron chi connectivity index (χ4n) is 5.00. The summed E-state index contributed by atoms with van der Waals surface area (Å²) in [5.41, 5.74) is 9.36. The highest BCUT2D eigenvalue weighted by molar-refractivity contribution is 9.09. The molecule has 0 saturated heterocycles. The van der Waals surface area contributed by atoms with Crippen molar-refractivity contribution in [2.45, 2.75) is 62.7 Å². The van der Waals surface area contributed by atoms with Gasteiger partial charge in [-0.15, -0.1) is 0 Å². The molecule has 116 valence electrons. The molecule has 2 heterocycles. The molecule has 0 N–H and O–H groups in total. The first-order chi connectivity index (χ1) is 10.7. The van der Waals surface area contributed by atoms with Gasteiger partial charge in [-0.25, -0.2) is 0 Å². The Hall–Kier alpha value is -0.700. The number of allylic oxidation sites excluding steroid dienone is 2. The van der Waals surface area contributed by atoms with Crippen LogP contribution in [0, 0.1) is 11.8 Å². The Labute approximate surface area is 141 Å². The van der Waals surface area contributed by atoms with E-state index in [1.165, 1.54) is 43.5 Å². The molecule has 2 saturated carbocycles. The Bertz CT molecular complexity index is 663. The average molecular weight is 359 g/mol. The summed E-state index contributed by atoms with van der Waals surface area (Å²) in [5, 5.41) is 0. The molecule has 2 fully saturated rings. The van der Waals surface area contributed by atoms with Crippen LogP contribution in [0.15, 0.2) is 32.3 Å². The minimum Gasteiger partial charge on any atom is -0.290 e. The van der Waals surface area contributed by atoms with Gasteiger partial charge in [-0.05, 0) is 48.8 Å². The van der Waals surface area contributed by atoms with Crippen LogP contribution in [0.5, 0.6) is 0 Å². The zero-order valence-electron chi connectivity index (χ0n) is 13.2. The second-order valence-electron chi connectivity index (χ2n) is 7.85. The van der Waals surface area contributed by atoms with E-state index in [-0.39, 0.29) is 0 Å². The largest absolute Gasteiger partial charge is 0.290 e. The normalized spacial score (nSPS) is 36.9. The van der Waals surface area contributed by atoms with Crippen LogP contribution in [-0.4, -0.2) is 28.8 Å². The van der Waals surface area contributed by atoms with Gasteiger partial charge in [-0.3, -0.25) is 9.98 Å². The summed E-state index contributed by atoms with van der Waals surface area (Å²) in [7, 11) is 0. The molecule has 0 aromatic carbocycles. The second-order valence-corrected chi connectivity index (χ2v) is 9.14. The molecule has 2 aliphatic heterocycles. The third-order valence-electron chi connectivity index (χ3n) is 6.12. The topological polar surface area (TPSA) is 24.7 Å². The summed E-state index contributed by atoms with van der Waals surface area (Å²) in [4.78, 5) is 10.5. The SMILES string of the molecule is CC1=NC(CC2CC2)C2CC3=C4C(=NC3)CC(Br)CC4=C2C1. The Morgan fingerprint density at radius 1 is 1.18 bits per heavy atom. The summed E-state index contributed by atoms with van der Waals surface area (Å²) >= 11 is 3.88. The van der Waals surface area contributed by atoms with Crippen LogP contribution in [0.4, 0.5) is 0 Å². The van der Waals surface area contributed by atoms with Crippen molar-refractivity contribution in [2.24, 2.45) is 21.8 Å². The number of hydrogen-bond acceptors (Lipinski definition) is 2. The van der Waals surface area contributed by atoms with E-state index < -0.39 is 0 Å². The van der Waals surface area contributed by atoms with Gasteiger partial charge < -0.3 is 0 Å². The van der Waals surface area contributed by atoms with E-state index in [4.69, 9.17) is 9.98 Å². The van der Waals surface area contributed by atoms with E-state index in [2.05, 4.69) is 22.9 Å². The molecule has 0 spiro atoms. The average Bonchev–Trinajstić information content (AvgIpc) is 3.20. The Morgan fingerprint density at radius 2 is 2.05 bits per heavy atom. The molecule has 5 aliphatic rings. The van der Waals surface area contributed by atoms with Crippen LogP contribution < -0.4 is 0 Å². The van der Waals surface area contributed by atoms with Crippen molar-refractivity contribution in [3.8, 4) is 0 Å². The smallest absolute Gasteiger partial charge is 0.0612 e. The highest BCUT2D eigenvalue weighted by Crippen LogP contribution is 2.50. The number of rotatable bonds is 2. The van der Waals surface area contributed by atoms with Crippen LogP contribution >= 0.6 is 15.9 Å². The lowest BCUT2D eigenvalue weighted by molar-refractivity contribution is 0.408. The monoisotopic (exact) mass is 358 g/mol. The van der Waals surface area contributed by atoms with Gasteiger partial charge >= 0.3 is 0 Å². The minimum atomic E-state index is 0.553. The molecule has 5 rings (SSSR count). The molecular weight excluding hydrogens is 336 g/mol. The van der Waals surface area contributed by atoms with Crippen LogP contribution in [0.1, 0.15) is 51.9 Å². The molecule has 3 heteroatoms. The highest BCUT2D eigenvalue weighted by Gasteiger charge is 2.42. The molecule has 3 aliphatic carbocycles. The standard InChI is InChI=1S/C19H23BrN2/c1-10-4-14-15(17(22-10)5-11-2-3-11)6-12-9-21-18-8-13(20)7-16(14)19(12)18/h11,13,15,17H,2-9H2,1H3. The second kappa shape index (κ2) is 4.90. The van der Waals surface area contributed by atoms with E-state index in [9.17, 15) is 0 Å². The van der Waals surface area contributed by atoms with Crippen molar-refractivity contribution in [3.05, 3.63) is 22.3 Å². The molecule has 2 nitrogen and oxygen atoms in total. The predicted octanol–water partition coefficient (Wildman–Crippen LogP) is 4.64. The summed E-state index contributed by atoms with van der Waals surface area (Å²) in [5.74, 6) is 1.65. The Balaban J connectivity index is 1.58. The lowest BCUT2D eigenvalue weighted by Crippen LogP contribution is -2.34. The molecule has 0 radical (unpaired) electrons. The van der Waals surface area contributed by atoms with Gasteiger partial charge in [0.2, 0.25) is 0 Å². The van der Waals surface area contributed by atoms with Crippen molar-refractivity contribution in [1.29, 1.82) is 0 Å². The van der Waals surface area contributed by atoms with Gasteiger partial charge in [0.1, 0.15) is 0 Å². The predicted molar refractivity (Wildman–Crippen MR) is 95.3 cm³/mol. The maximum Gasteiger partial charge on any atom is 0.0612 e. The highest BCUT2D eigenvalue weighted by atomic mass is 79.9. The molecule has 0 aromatic rings. The van der Waals surface area contributed by atoms with E-state index in [1.54, 1.807) is 22.3 Å². The maximum atomic E-state index is 5.10. The first kappa shape index (κ1) is 13.7. The number of alkyl halides is 1. The summed E-state index contributed by atoms with van der Waals surface area (Å²) < 4.78 is 0. The molecule has 3 atom stereocenters. The van der Waals surface area contributed by atoms with Crippen LogP contribution in [0.2, 0.25) is 0 Å². The van der Waals surface area contributed by atoms with Crippen LogP contribution in [-0.2, 0) is 0 Å². The van der Waals surface area contributed by atoms with Crippen LogP contribution in [0.3, 0.4) is 0 Å². The van der Waals surface area contributed by atoms with Gasteiger partial charge in [-0.1, -0.05) is 34.3 Å². The van der Waals surface area contributed by atoms with E-state index in [0.717, 1.165) is 25.3 Å². The zero-order chi connectivity index (χ0) is 14.8. The van der Waals surface area contributed by atoms with Crippen molar-refractivity contribution < 1.29 is 0 Å². The van der Waals surface area contributed by atoms with Gasteiger partial charge in [0.15, 0.2) is 0 Å². The minimum absolute atomic E-state index is 0.553. The Morgan fingerprint density at radius 3 is 2.86 bits per heavy atom. The van der Waals surface area contributed by atoms with Crippen molar-refractivity contribution in [1.82, 2.24) is 0 Å². The van der Waals surface area contributed by atoms with E-state index in [1.807, 2.05) is 0 Å². The van der Waals surface area contributed by atoms with Gasteiger partial charge in [-0.2, -0.15) is 0 Å². The fraction of sp³-hybridized carbons (Fsp3) is 0.684. The maximum absolute atomic E-state index is 5.10. The molecule has 0 aromatic heterocycles. The number of fused-ring (bicyclic) bond motifs is 1. The molecule has 3 unspecified atom stereocenters. The van der Waals surface area contributed by atoms with E-state index >= 15 is 0 Å². The van der Waals surface area contributed by atoms with Crippen molar-refractivity contribution in [2.75, 3.05) is 6.54 Å². The zero-order valence-corrected chi connectivity index (χ0v) is 14.8. The van der Waals surface area contributed by atoms with Crippen molar-refractivity contribution in [3.63, 3.8) is 0 Å². The van der Waals surface area contributed by atoms with E-state index in [0.29, 0.717) is 16.8 Å². The summed E-state index contributed by atoms with van der Waals surface area (Å²) in [6, 6.07) is 0.553. The molecule has 0 amide bonds. The third kappa shape index (κ3) is 2.11. The van der Waals surface area contributed by atoms with Gasteiger partial charge in [0, 0.05) is 35.0 Å². The lowest BCUT2D eigenvalue weighted by atomic mass is 9.68. The Kier molecular flexibility index (Phi) is 3.05. The third-order valence-corrected chi connectivity index (χ3v) is 6.76. The number of aliphatic imine (C=N–C) groups is 2. The first-order valence-electron chi connectivity index (χ1n) is 8.84. The molecular formula is C19H23BrN2. The number of hydrogen-bond donors (Lipinski definition) is 0.